The van der Waals surface area contributed by atoms with E-state index in [2.05, 4.69) is 10.2 Å². The van der Waals surface area contributed by atoms with Crippen LogP contribution in [-0.2, 0) is 17.8 Å². The number of benzene rings is 3. The smallest absolute Gasteiger partial charge is 0.241 e. The van der Waals surface area contributed by atoms with Gasteiger partial charge in [-0.3, -0.25) is 9.69 Å². The fourth-order valence-corrected chi connectivity index (χ4v) is 4.66. The highest BCUT2D eigenvalue weighted by molar-refractivity contribution is 6.08. The van der Waals surface area contributed by atoms with Crippen molar-refractivity contribution in [3.8, 4) is 17.2 Å². The van der Waals surface area contributed by atoms with Crippen molar-refractivity contribution >= 4 is 33.5 Å². The highest BCUT2D eigenvalue weighted by Gasteiger charge is 2.27. The highest BCUT2D eigenvalue weighted by Crippen LogP contribution is 2.37. The second kappa shape index (κ2) is 8.91. The van der Waals surface area contributed by atoms with E-state index < -0.39 is 0 Å². The van der Waals surface area contributed by atoms with Crippen LogP contribution in [-0.4, -0.2) is 44.7 Å². The van der Waals surface area contributed by atoms with Crippen LogP contribution >= 0.6 is 0 Å². The number of carbonyl (C=O) groups is 1. The van der Waals surface area contributed by atoms with Crippen molar-refractivity contribution < 1.29 is 23.4 Å². The molecule has 1 amide bonds. The molecule has 4 aromatic rings. The molecule has 0 radical (unpaired) electrons. The fourth-order valence-electron chi connectivity index (χ4n) is 4.66. The zero-order valence-electron chi connectivity index (χ0n) is 19.8. The summed E-state index contributed by atoms with van der Waals surface area (Å²) in [4.78, 5) is 15.4. The Balaban J connectivity index is 1.37. The van der Waals surface area contributed by atoms with Gasteiger partial charge in [-0.15, -0.1) is 0 Å². The van der Waals surface area contributed by atoms with Crippen LogP contribution in [0.5, 0.6) is 17.2 Å². The molecule has 0 aliphatic carbocycles. The van der Waals surface area contributed by atoms with Crippen molar-refractivity contribution in [3.05, 3.63) is 59.7 Å². The molecule has 1 aromatic heterocycles. The van der Waals surface area contributed by atoms with E-state index in [0.717, 1.165) is 40.6 Å². The summed E-state index contributed by atoms with van der Waals surface area (Å²) in [6.45, 7) is 3.36. The Morgan fingerprint density at radius 2 is 1.62 bits per heavy atom. The van der Waals surface area contributed by atoms with Crippen LogP contribution in [0.25, 0.3) is 21.9 Å². The molecule has 34 heavy (non-hydrogen) atoms. The van der Waals surface area contributed by atoms with Gasteiger partial charge in [0, 0.05) is 29.9 Å². The van der Waals surface area contributed by atoms with E-state index in [4.69, 9.17) is 18.6 Å². The Labute approximate surface area is 198 Å². The van der Waals surface area contributed by atoms with Gasteiger partial charge in [0.25, 0.3) is 0 Å². The zero-order chi connectivity index (χ0) is 23.8. The number of amides is 1. The maximum atomic E-state index is 13.2. The van der Waals surface area contributed by atoms with E-state index in [0.29, 0.717) is 29.3 Å². The number of furan rings is 1. The van der Waals surface area contributed by atoms with Gasteiger partial charge < -0.3 is 23.9 Å². The molecule has 176 valence electrons. The lowest BCUT2D eigenvalue weighted by atomic mass is 9.97. The summed E-state index contributed by atoms with van der Waals surface area (Å²) in [6, 6.07) is 15.3. The number of ether oxygens (including phenoxy) is 3. The van der Waals surface area contributed by atoms with E-state index >= 15 is 0 Å². The van der Waals surface area contributed by atoms with Gasteiger partial charge in [0.15, 0.2) is 11.5 Å². The summed E-state index contributed by atoms with van der Waals surface area (Å²) in [7, 11) is 4.88. The number of carbonyl (C=O) groups excluding carboxylic acids is 1. The van der Waals surface area contributed by atoms with E-state index in [9.17, 15) is 4.79 Å². The average Bonchev–Trinajstić information content (AvgIpc) is 3.23. The molecule has 1 atom stereocenters. The summed E-state index contributed by atoms with van der Waals surface area (Å²) in [6.07, 6.45) is 0.835. The Morgan fingerprint density at radius 3 is 2.35 bits per heavy atom. The predicted octanol–water partition coefficient (Wildman–Crippen LogP) is 5.00. The van der Waals surface area contributed by atoms with Crippen molar-refractivity contribution in [3.63, 3.8) is 0 Å². The van der Waals surface area contributed by atoms with Gasteiger partial charge in [0.1, 0.15) is 16.9 Å². The largest absolute Gasteiger partial charge is 0.495 e. The Kier molecular flexibility index (Phi) is 5.79. The number of nitrogens with one attached hydrogen (secondary N) is 1. The summed E-state index contributed by atoms with van der Waals surface area (Å²) in [5.41, 5.74) is 4.46. The van der Waals surface area contributed by atoms with Gasteiger partial charge in [-0.2, -0.15) is 0 Å². The van der Waals surface area contributed by atoms with Crippen LogP contribution < -0.4 is 19.5 Å². The molecular weight excluding hydrogens is 432 g/mol. The van der Waals surface area contributed by atoms with Crippen LogP contribution in [0.1, 0.15) is 18.1 Å². The predicted molar refractivity (Wildman–Crippen MR) is 132 cm³/mol. The van der Waals surface area contributed by atoms with E-state index in [1.807, 2.05) is 55.5 Å². The van der Waals surface area contributed by atoms with Crippen molar-refractivity contribution in [1.29, 1.82) is 0 Å². The average molecular weight is 461 g/mol. The third kappa shape index (κ3) is 3.82. The maximum Gasteiger partial charge on any atom is 0.241 e. The van der Waals surface area contributed by atoms with Crippen LogP contribution in [0, 0.1) is 0 Å². The Bertz CT molecular complexity index is 1380. The normalized spacial score (nSPS) is 14.6. The monoisotopic (exact) mass is 460 g/mol. The van der Waals surface area contributed by atoms with Crippen molar-refractivity contribution in [2.24, 2.45) is 0 Å². The molecule has 7 heteroatoms. The van der Waals surface area contributed by atoms with Crippen LogP contribution in [0.3, 0.4) is 0 Å². The van der Waals surface area contributed by atoms with Crippen LogP contribution in [0.2, 0.25) is 0 Å². The molecule has 3 aromatic carbocycles. The first-order chi connectivity index (χ1) is 16.5. The first kappa shape index (κ1) is 22.1. The Hall–Kier alpha value is -3.71. The minimum Gasteiger partial charge on any atom is -0.495 e. The molecule has 5 rings (SSSR count). The lowest BCUT2D eigenvalue weighted by Gasteiger charge is -2.33. The number of hydrogen-bond donors (Lipinski definition) is 1. The van der Waals surface area contributed by atoms with Gasteiger partial charge in [0.05, 0.1) is 33.1 Å². The maximum absolute atomic E-state index is 13.2. The first-order valence-electron chi connectivity index (χ1n) is 11.3. The second-order valence-electron chi connectivity index (χ2n) is 8.51. The van der Waals surface area contributed by atoms with Crippen molar-refractivity contribution in [2.45, 2.75) is 25.9 Å². The minimum atomic E-state index is -0.336. The second-order valence-corrected chi connectivity index (χ2v) is 8.51. The molecule has 0 spiro atoms. The fraction of sp³-hybridized carbons (Fsp3) is 0.296. The molecule has 1 aliphatic heterocycles. The lowest BCUT2D eigenvalue weighted by molar-refractivity contribution is -0.121. The molecule has 0 fully saturated rings. The molecular formula is C27H28N2O5. The third-order valence-electron chi connectivity index (χ3n) is 6.63. The summed E-state index contributed by atoms with van der Waals surface area (Å²) in [5.74, 6) is 1.93. The first-order valence-corrected chi connectivity index (χ1v) is 11.3. The number of nitrogens with zero attached hydrogens (tertiary/aromatic N) is 1. The van der Waals surface area contributed by atoms with E-state index in [1.54, 1.807) is 21.3 Å². The Morgan fingerprint density at radius 1 is 0.912 bits per heavy atom. The van der Waals surface area contributed by atoms with Gasteiger partial charge in [-0.05, 0) is 48.7 Å². The topological polar surface area (TPSA) is 73.2 Å². The molecule has 0 saturated carbocycles. The van der Waals surface area contributed by atoms with Crippen molar-refractivity contribution in [1.82, 2.24) is 4.90 Å². The van der Waals surface area contributed by atoms with E-state index in [-0.39, 0.29) is 11.9 Å². The van der Waals surface area contributed by atoms with Gasteiger partial charge in [-0.1, -0.05) is 18.2 Å². The quantitative estimate of drug-likeness (QED) is 0.437. The molecule has 0 bridgehead atoms. The number of methoxy groups -OCH3 is 3. The molecule has 0 unspecified atom stereocenters. The molecule has 2 heterocycles. The molecule has 1 N–H and O–H groups in total. The lowest BCUT2D eigenvalue weighted by Crippen LogP contribution is -2.44. The van der Waals surface area contributed by atoms with Crippen molar-refractivity contribution in [2.75, 3.05) is 33.2 Å². The number of anilines is 1. The third-order valence-corrected chi connectivity index (χ3v) is 6.63. The van der Waals surface area contributed by atoms with Gasteiger partial charge >= 0.3 is 0 Å². The zero-order valence-corrected chi connectivity index (χ0v) is 19.8. The highest BCUT2D eigenvalue weighted by atomic mass is 16.5. The number of hydrogen-bond acceptors (Lipinski definition) is 6. The minimum absolute atomic E-state index is 0.0994. The summed E-state index contributed by atoms with van der Waals surface area (Å²) < 4.78 is 22.5. The molecule has 0 saturated heterocycles. The van der Waals surface area contributed by atoms with Crippen LogP contribution in [0.4, 0.5) is 5.69 Å². The SMILES string of the molecule is COc1cc2c(cc1NC(=O)[C@H](C)N1CCc3cc(OC)c(OC)cc3C1)oc1ccccc12. The van der Waals surface area contributed by atoms with Crippen LogP contribution in [0.15, 0.2) is 52.9 Å². The summed E-state index contributed by atoms with van der Waals surface area (Å²) in [5, 5.41) is 5.02. The summed E-state index contributed by atoms with van der Waals surface area (Å²) >= 11 is 0. The van der Waals surface area contributed by atoms with Gasteiger partial charge in [-0.25, -0.2) is 0 Å². The standard InChI is InChI=1S/C27H28N2O5/c1-16(29-10-9-17-11-25(32-3)26(33-4)12-18(17)15-29)27(30)28-21-14-23-20(13-24(21)31-2)19-7-5-6-8-22(19)34-23/h5-8,11-14,16H,9-10,15H2,1-4H3,(H,28,30)/t16-/m0/s1. The molecule has 1 aliphatic rings. The molecule has 7 nitrogen and oxygen atoms in total. The van der Waals surface area contributed by atoms with E-state index in [1.165, 1.54) is 5.56 Å². The van der Waals surface area contributed by atoms with Gasteiger partial charge in [0.2, 0.25) is 5.91 Å². The number of rotatable bonds is 6. The number of fused-ring (bicyclic) bond motifs is 4. The number of para-hydroxylation sites is 1.